The van der Waals surface area contributed by atoms with Gasteiger partial charge in [0.2, 0.25) is 0 Å². The predicted octanol–water partition coefficient (Wildman–Crippen LogP) is 4.12. The Morgan fingerprint density at radius 3 is 2.39 bits per heavy atom. The Hall–Kier alpha value is -2.96. The lowest BCUT2D eigenvalue weighted by Crippen LogP contribution is -2.40. The van der Waals surface area contributed by atoms with Gasteiger partial charge in [0.25, 0.3) is 5.91 Å². The molecule has 6 heteroatoms. The Morgan fingerprint density at radius 1 is 0.893 bits per heavy atom. The van der Waals surface area contributed by atoms with Gasteiger partial charge < -0.3 is 20.3 Å². The van der Waals surface area contributed by atoms with Crippen LogP contribution >= 0.6 is 12.2 Å². The predicted molar refractivity (Wildman–Crippen MR) is 117 cm³/mol. The van der Waals surface area contributed by atoms with Crippen LogP contribution in [0.1, 0.15) is 10.4 Å². The molecule has 1 aliphatic rings. The van der Waals surface area contributed by atoms with Crippen LogP contribution in [0.25, 0.3) is 10.8 Å². The van der Waals surface area contributed by atoms with Crippen molar-refractivity contribution in [3.05, 3.63) is 72.3 Å². The molecule has 1 fully saturated rings. The molecule has 0 radical (unpaired) electrons. The van der Waals surface area contributed by atoms with Crippen LogP contribution in [-0.2, 0) is 4.74 Å². The van der Waals surface area contributed by atoms with Gasteiger partial charge in [-0.3, -0.25) is 4.79 Å². The lowest BCUT2D eigenvalue weighted by atomic mass is 10.1. The van der Waals surface area contributed by atoms with E-state index in [0.29, 0.717) is 37.0 Å². The maximum atomic E-state index is 12.5. The molecule has 0 unspecified atom stereocenters. The number of benzene rings is 3. The standard InChI is InChI=1S/C22H21N3O2S/c26-21(25-12-14-27-15-13-25)17-8-10-18(11-9-17)23-22(28)24-20-7-3-5-16-4-1-2-6-19(16)20/h1-11H,12-15H2,(H2,23,24,28). The van der Waals surface area contributed by atoms with Crippen molar-refractivity contribution in [2.24, 2.45) is 0 Å². The van der Waals surface area contributed by atoms with Crippen molar-refractivity contribution in [2.75, 3.05) is 36.9 Å². The number of rotatable bonds is 3. The molecule has 4 rings (SSSR count). The molecular weight excluding hydrogens is 370 g/mol. The van der Waals surface area contributed by atoms with Crippen LogP contribution in [0.2, 0.25) is 0 Å². The number of carbonyl (C=O) groups excluding carboxylic acids is 1. The number of nitrogens with zero attached hydrogens (tertiary/aromatic N) is 1. The van der Waals surface area contributed by atoms with Crippen molar-refractivity contribution in [1.82, 2.24) is 4.90 Å². The first-order valence-electron chi connectivity index (χ1n) is 9.23. The molecule has 1 saturated heterocycles. The van der Waals surface area contributed by atoms with Crippen LogP contribution in [0.15, 0.2) is 66.7 Å². The average molecular weight is 391 g/mol. The number of morpholine rings is 1. The first-order valence-corrected chi connectivity index (χ1v) is 9.64. The second-order valence-corrected chi connectivity index (χ2v) is 7.00. The molecule has 0 spiro atoms. The van der Waals surface area contributed by atoms with Gasteiger partial charge in [0.1, 0.15) is 0 Å². The van der Waals surface area contributed by atoms with Crippen molar-refractivity contribution >= 4 is 45.4 Å². The maximum absolute atomic E-state index is 12.5. The number of nitrogens with one attached hydrogen (secondary N) is 2. The Morgan fingerprint density at radius 2 is 1.61 bits per heavy atom. The van der Waals surface area contributed by atoms with E-state index in [1.54, 1.807) is 0 Å². The van der Waals surface area contributed by atoms with Crippen molar-refractivity contribution in [3.8, 4) is 0 Å². The zero-order valence-electron chi connectivity index (χ0n) is 15.4. The van der Waals surface area contributed by atoms with Gasteiger partial charge in [-0.1, -0.05) is 36.4 Å². The number of fused-ring (bicyclic) bond motifs is 1. The average Bonchev–Trinajstić information content (AvgIpc) is 2.75. The highest BCUT2D eigenvalue weighted by Crippen LogP contribution is 2.23. The van der Waals surface area contributed by atoms with Gasteiger partial charge >= 0.3 is 0 Å². The highest BCUT2D eigenvalue weighted by Gasteiger charge is 2.18. The third-order valence-electron chi connectivity index (χ3n) is 4.73. The molecule has 3 aromatic carbocycles. The summed E-state index contributed by atoms with van der Waals surface area (Å²) in [4.78, 5) is 14.3. The number of hydrogen-bond acceptors (Lipinski definition) is 3. The fourth-order valence-corrected chi connectivity index (χ4v) is 3.49. The summed E-state index contributed by atoms with van der Waals surface area (Å²) in [7, 11) is 0. The molecule has 0 bridgehead atoms. The molecule has 28 heavy (non-hydrogen) atoms. The molecule has 2 N–H and O–H groups in total. The smallest absolute Gasteiger partial charge is 0.254 e. The number of thiocarbonyl (C=S) groups is 1. The molecule has 0 aliphatic carbocycles. The van der Waals surface area contributed by atoms with E-state index in [-0.39, 0.29) is 5.91 Å². The molecule has 3 aromatic rings. The van der Waals surface area contributed by atoms with Gasteiger partial charge in [0, 0.05) is 35.4 Å². The van der Waals surface area contributed by atoms with Gasteiger partial charge in [-0.15, -0.1) is 0 Å². The van der Waals surface area contributed by atoms with Crippen LogP contribution in [0.5, 0.6) is 0 Å². The van der Waals surface area contributed by atoms with E-state index in [2.05, 4.69) is 28.8 Å². The minimum absolute atomic E-state index is 0.0336. The minimum atomic E-state index is 0.0336. The van der Waals surface area contributed by atoms with Crippen molar-refractivity contribution < 1.29 is 9.53 Å². The second-order valence-electron chi connectivity index (χ2n) is 6.59. The van der Waals surface area contributed by atoms with E-state index in [9.17, 15) is 4.79 Å². The first-order chi connectivity index (χ1) is 13.7. The minimum Gasteiger partial charge on any atom is -0.378 e. The molecule has 1 aliphatic heterocycles. The second kappa shape index (κ2) is 8.37. The van der Waals surface area contributed by atoms with Crippen LogP contribution in [0.4, 0.5) is 11.4 Å². The van der Waals surface area contributed by atoms with E-state index in [1.807, 2.05) is 53.4 Å². The van der Waals surface area contributed by atoms with Gasteiger partial charge in [0.05, 0.1) is 13.2 Å². The largest absolute Gasteiger partial charge is 0.378 e. The number of hydrogen-bond donors (Lipinski definition) is 2. The van der Waals surface area contributed by atoms with E-state index >= 15 is 0 Å². The van der Waals surface area contributed by atoms with E-state index < -0.39 is 0 Å². The maximum Gasteiger partial charge on any atom is 0.254 e. The van der Waals surface area contributed by atoms with Crippen LogP contribution in [-0.4, -0.2) is 42.2 Å². The molecule has 1 amide bonds. The number of carbonyl (C=O) groups is 1. The normalized spacial score (nSPS) is 13.9. The lowest BCUT2D eigenvalue weighted by Gasteiger charge is -2.26. The molecule has 0 atom stereocenters. The Bertz CT molecular complexity index is 993. The van der Waals surface area contributed by atoms with Crippen molar-refractivity contribution in [3.63, 3.8) is 0 Å². The van der Waals surface area contributed by atoms with Crippen LogP contribution in [0.3, 0.4) is 0 Å². The number of amides is 1. The topological polar surface area (TPSA) is 53.6 Å². The molecule has 0 aromatic heterocycles. The zero-order valence-corrected chi connectivity index (χ0v) is 16.2. The quantitative estimate of drug-likeness (QED) is 0.658. The Balaban J connectivity index is 1.41. The highest BCUT2D eigenvalue weighted by molar-refractivity contribution is 7.80. The summed E-state index contributed by atoms with van der Waals surface area (Å²) in [6, 6.07) is 21.6. The summed E-state index contributed by atoms with van der Waals surface area (Å²) in [6.45, 7) is 2.47. The van der Waals surface area contributed by atoms with Gasteiger partial charge in [-0.05, 0) is 47.9 Å². The van der Waals surface area contributed by atoms with Gasteiger partial charge in [-0.2, -0.15) is 0 Å². The van der Waals surface area contributed by atoms with E-state index in [0.717, 1.165) is 22.1 Å². The number of anilines is 2. The van der Waals surface area contributed by atoms with Gasteiger partial charge in [-0.25, -0.2) is 0 Å². The molecule has 5 nitrogen and oxygen atoms in total. The monoisotopic (exact) mass is 391 g/mol. The lowest BCUT2D eigenvalue weighted by molar-refractivity contribution is 0.0303. The first kappa shape index (κ1) is 18.4. The van der Waals surface area contributed by atoms with Crippen molar-refractivity contribution in [2.45, 2.75) is 0 Å². The van der Waals surface area contributed by atoms with Crippen molar-refractivity contribution in [1.29, 1.82) is 0 Å². The fourth-order valence-electron chi connectivity index (χ4n) is 3.26. The molecule has 1 heterocycles. The van der Waals surface area contributed by atoms with E-state index in [1.165, 1.54) is 0 Å². The summed E-state index contributed by atoms with van der Waals surface area (Å²) >= 11 is 5.46. The molecule has 142 valence electrons. The zero-order chi connectivity index (χ0) is 19.3. The third kappa shape index (κ3) is 4.13. The highest BCUT2D eigenvalue weighted by atomic mass is 32.1. The van der Waals surface area contributed by atoms with E-state index in [4.69, 9.17) is 17.0 Å². The summed E-state index contributed by atoms with van der Waals surface area (Å²) in [5.41, 5.74) is 2.45. The van der Waals surface area contributed by atoms with Crippen LogP contribution < -0.4 is 10.6 Å². The Kier molecular flexibility index (Phi) is 5.50. The SMILES string of the molecule is O=C(c1ccc(NC(=S)Nc2cccc3ccccc23)cc1)N1CCOCC1. The summed E-state index contributed by atoms with van der Waals surface area (Å²) in [6.07, 6.45) is 0. The molecule has 0 saturated carbocycles. The molecular formula is C22H21N3O2S. The summed E-state index contributed by atoms with van der Waals surface area (Å²) < 4.78 is 5.30. The van der Waals surface area contributed by atoms with Gasteiger partial charge in [0.15, 0.2) is 5.11 Å². The number of ether oxygens (including phenoxy) is 1. The summed E-state index contributed by atoms with van der Waals surface area (Å²) in [5, 5.41) is 9.20. The summed E-state index contributed by atoms with van der Waals surface area (Å²) in [5.74, 6) is 0.0336. The Labute approximate surface area is 169 Å². The fraction of sp³-hybridized carbons (Fsp3) is 0.182. The van der Waals surface area contributed by atoms with Crippen LogP contribution in [0, 0.1) is 0 Å². The third-order valence-corrected chi connectivity index (χ3v) is 4.93.